The van der Waals surface area contributed by atoms with Crippen LogP contribution in [0.1, 0.15) is 12.5 Å². The average molecular weight is 302 g/mol. The molecule has 3 N–H and O–H groups in total. The summed E-state index contributed by atoms with van der Waals surface area (Å²) in [7, 11) is -2.45. The van der Waals surface area contributed by atoms with Crippen LogP contribution in [0.4, 0.5) is 4.79 Å². The minimum Gasteiger partial charge on any atom is -0.491 e. The first kappa shape index (κ1) is 16.3. The number of carbonyl (C=O) groups excluding carboxylic acids is 1. The van der Waals surface area contributed by atoms with Gasteiger partial charge in [0.25, 0.3) is 0 Å². The molecule has 0 aliphatic carbocycles. The lowest BCUT2D eigenvalue weighted by atomic mass is 10.1. The fraction of sp³-hybridized carbons (Fsp3) is 0.417. The molecule has 0 atom stereocenters. The summed E-state index contributed by atoms with van der Waals surface area (Å²) in [5.74, 6) is 0.562. The zero-order valence-electron chi connectivity index (χ0n) is 11.4. The second kappa shape index (κ2) is 7.11. The molecule has 0 aliphatic heterocycles. The van der Waals surface area contributed by atoms with Crippen LogP contribution < -0.4 is 15.2 Å². The van der Waals surface area contributed by atoms with Gasteiger partial charge in [-0.05, 0) is 30.2 Å². The van der Waals surface area contributed by atoms with Crippen molar-refractivity contribution in [1.82, 2.24) is 5.32 Å². The molecule has 0 saturated carbocycles. The van der Waals surface area contributed by atoms with Crippen molar-refractivity contribution in [3.63, 3.8) is 0 Å². The lowest BCUT2D eigenvalue weighted by molar-refractivity contribution is 0.168. The topological polar surface area (TPSA) is 108 Å². The summed E-state index contributed by atoms with van der Waals surface area (Å²) in [5.41, 5.74) is 0.731. The van der Waals surface area contributed by atoms with Crippen LogP contribution in [0.5, 0.6) is 5.75 Å². The second-order valence-electron chi connectivity index (χ2n) is 3.93. The summed E-state index contributed by atoms with van der Waals surface area (Å²) in [4.78, 5) is 10.9. The van der Waals surface area contributed by atoms with E-state index in [1.165, 1.54) is 19.2 Å². The van der Waals surface area contributed by atoms with Gasteiger partial charge in [0.2, 0.25) is 10.0 Å². The first-order valence-corrected chi connectivity index (χ1v) is 7.53. The van der Waals surface area contributed by atoms with E-state index in [1.54, 1.807) is 6.07 Å². The second-order valence-corrected chi connectivity index (χ2v) is 5.50. The third-order valence-corrected chi connectivity index (χ3v) is 3.47. The molecule has 0 aromatic heterocycles. The maximum atomic E-state index is 11.3. The molecule has 0 heterocycles. The SMILES string of the molecule is CCc1cc(S(N)(=O)=O)ccc1OCCNC(=O)OC. The number of alkyl carbamates (subject to hydrolysis) is 1. The first-order valence-electron chi connectivity index (χ1n) is 5.98. The molecule has 112 valence electrons. The molecular weight excluding hydrogens is 284 g/mol. The number of ether oxygens (including phenoxy) is 2. The number of aryl methyl sites for hydroxylation is 1. The van der Waals surface area contributed by atoms with Gasteiger partial charge in [0, 0.05) is 0 Å². The molecule has 8 heteroatoms. The number of rotatable bonds is 6. The molecule has 0 fully saturated rings. The molecule has 0 spiro atoms. The quantitative estimate of drug-likeness (QED) is 0.749. The van der Waals surface area contributed by atoms with Gasteiger partial charge >= 0.3 is 6.09 Å². The number of hydrogen-bond acceptors (Lipinski definition) is 5. The molecule has 0 saturated heterocycles. The highest BCUT2D eigenvalue weighted by Gasteiger charge is 2.11. The van der Waals surface area contributed by atoms with Gasteiger partial charge in [-0.15, -0.1) is 0 Å². The molecule has 1 rings (SSSR count). The van der Waals surface area contributed by atoms with Crippen LogP contribution in [-0.2, 0) is 21.2 Å². The van der Waals surface area contributed by atoms with Crippen molar-refractivity contribution in [2.24, 2.45) is 5.14 Å². The van der Waals surface area contributed by atoms with Crippen molar-refractivity contribution in [2.45, 2.75) is 18.2 Å². The molecule has 0 radical (unpaired) electrons. The van der Waals surface area contributed by atoms with E-state index in [0.29, 0.717) is 12.2 Å². The highest BCUT2D eigenvalue weighted by atomic mass is 32.2. The lowest BCUT2D eigenvalue weighted by Crippen LogP contribution is -2.27. The minimum absolute atomic E-state index is 0.0504. The Kier molecular flexibility index (Phi) is 5.78. The largest absolute Gasteiger partial charge is 0.491 e. The van der Waals surface area contributed by atoms with Gasteiger partial charge in [-0.25, -0.2) is 18.4 Å². The van der Waals surface area contributed by atoms with Crippen LogP contribution in [0.2, 0.25) is 0 Å². The number of methoxy groups -OCH3 is 1. The molecule has 20 heavy (non-hydrogen) atoms. The first-order chi connectivity index (χ1) is 9.38. The van der Waals surface area contributed by atoms with Gasteiger partial charge in [-0.2, -0.15) is 0 Å². The van der Waals surface area contributed by atoms with Crippen LogP contribution in [0.15, 0.2) is 23.1 Å². The van der Waals surface area contributed by atoms with Crippen LogP contribution in [0, 0.1) is 0 Å². The van der Waals surface area contributed by atoms with Gasteiger partial charge in [0.1, 0.15) is 12.4 Å². The fourth-order valence-corrected chi connectivity index (χ4v) is 2.10. The van der Waals surface area contributed by atoms with Crippen LogP contribution in [0.3, 0.4) is 0 Å². The molecular formula is C12H18N2O5S. The van der Waals surface area contributed by atoms with Gasteiger partial charge in [0.05, 0.1) is 18.6 Å². The van der Waals surface area contributed by atoms with Crippen LogP contribution in [-0.4, -0.2) is 34.8 Å². The zero-order chi connectivity index (χ0) is 15.2. The summed E-state index contributed by atoms with van der Waals surface area (Å²) in [6.07, 6.45) is 0.0669. The highest BCUT2D eigenvalue weighted by molar-refractivity contribution is 7.89. The number of nitrogens with one attached hydrogen (secondary N) is 1. The van der Waals surface area contributed by atoms with Gasteiger partial charge < -0.3 is 14.8 Å². The Morgan fingerprint density at radius 2 is 2.10 bits per heavy atom. The number of hydrogen-bond donors (Lipinski definition) is 2. The maximum Gasteiger partial charge on any atom is 0.406 e. The number of primary sulfonamides is 1. The van der Waals surface area contributed by atoms with Gasteiger partial charge in [0.15, 0.2) is 0 Å². The zero-order valence-corrected chi connectivity index (χ0v) is 12.2. The van der Waals surface area contributed by atoms with Gasteiger partial charge in [-0.1, -0.05) is 6.92 Å². The summed E-state index contributed by atoms with van der Waals surface area (Å²) in [6, 6.07) is 4.42. The van der Waals surface area contributed by atoms with E-state index >= 15 is 0 Å². The van der Waals surface area contributed by atoms with Crippen molar-refractivity contribution in [3.8, 4) is 5.75 Å². The van der Waals surface area contributed by atoms with Crippen LogP contribution >= 0.6 is 0 Å². The standard InChI is InChI=1S/C12H18N2O5S/c1-3-9-8-10(20(13,16)17)4-5-11(9)19-7-6-14-12(15)18-2/h4-5,8H,3,6-7H2,1-2H3,(H,14,15)(H2,13,16,17). The van der Waals surface area contributed by atoms with E-state index < -0.39 is 16.1 Å². The fourth-order valence-electron chi connectivity index (χ4n) is 1.54. The van der Waals surface area contributed by atoms with E-state index in [4.69, 9.17) is 9.88 Å². The predicted octanol–water partition coefficient (Wildman–Crippen LogP) is 0.631. The van der Waals surface area contributed by atoms with Crippen molar-refractivity contribution in [3.05, 3.63) is 23.8 Å². The molecule has 7 nitrogen and oxygen atoms in total. The normalized spacial score (nSPS) is 10.9. The number of amides is 1. The van der Waals surface area contributed by atoms with E-state index in [0.717, 1.165) is 5.56 Å². The van der Waals surface area contributed by atoms with Crippen molar-refractivity contribution in [1.29, 1.82) is 0 Å². The predicted molar refractivity (Wildman–Crippen MR) is 73.1 cm³/mol. The maximum absolute atomic E-state index is 11.3. The van der Waals surface area contributed by atoms with Crippen molar-refractivity contribution >= 4 is 16.1 Å². The monoisotopic (exact) mass is 302 g/mol. The number of nitrogens with two attached hydrogens (primary N) is 1. The third-order valence-electron chi connectivity index (χ3n) is 2.56. The van der Waals surface area contributed by atoms with Crippen molar-refractivity contribution in [2.75, 3.05) is 20.3 Å². The number of sulfonamides is 1. The Labute approximate surface area is 118 Å². The average Bonchev–Trinajstić information content (AvgIpc) is 2.42. The summed E-state index contributed by atoms with van der Waals surface area (Å²) < 4.78 is 32.4. The van der Waals surface area contributed by atoms with Crippen molar-refractivity contribution < 1.29 is 22.7 Å². The molecule has 0 bridgehead atoms. The van der Waals surface area contributed by atoms with E-state index in [-0.39, 0.29) is 18.0 Å². The summed E-state index contributed by atoms with van der Waals surface area (Å²) >= 11 is 0. The summed E-state index contributed by atoms with van der Waals surface area (Å²) in [5, 5.41) is 7.54. The Bertz CT molecular complexity index is 571. The number of benzene rings is 1. The Balaban J connectivity index is 2.69. The number of carbonyl (C=O) groups is 1. The molecule has 0 unspecified atom stereocenters. The molecule has 1 aromatic carbocycles. The molecule has 1 aromatic rings. The lowest BCUT2D eigenvalue weighted by Gasteiger charge is -2.12. The highest BCUT2D eigenvalue weighted by Crippen LogP contribution is 2.22. The molecule has 1 amide bonds. The Morgan fingerprint density at radius 3 is 2.65 bits per heavy atom. The van der Waals surface area contributed by atoms with Gasteiger partial charge in [-0.3, -0.25) is 0 Å². The Hall–Kier alpha value is -1.80. The van der Waals surface area contributed by atoms with Crippen LogP contribution in [0.25, 0.3) is 0 Å². The third kappa shape index (κ3) is 4.71. The summed E-state index contributed by atoms with van der Waals surface area (Å²) in [6.45, 7) is 2.41. The smallest absolute Gasteiger partial charge is 0.406 e. The molecule has 0 aliphatic rings. The van der Waals surface area contributed by atoms with E-state index in [1.807, 2.05) is 6.92 Å². The Morgan fingerprint density at radius 1 is 1.40 bits per heavy atom. The minimum atomic E-state index is -3.72. The van der Waals surface area contributed by atoms with E-state index in [9.17, 15) is 13.2 Å². The van der Waals surface area contributed by atoms with E-state index in [2.05, 4.69) is 10.1 Å².